The van der Waals surface area contributed by atoms with E-state index in [9.17, 15) is 19.2 Å². The normalized spacial score (nSPS) is 18.1. The predicted octanol–water partition coefficient (Wildman–Crippen LogP) is 3.35. The number of hydrogen-bond donors (Lipinski definition) is 3. The molecule has 1 saturated carbocycles. The van der Waals surface area contributed by atoms with Gasteiger partial charge in [-0.05, 0) is 31.9 Å². The van der Waals surface area contributed by atoms with Gasteiger partial charge in [0, 0.05) is 18.2 Å². The maximum Gasteiger partial charge on any atom is 0.413 e. The van der Waals surface area contributed by atoms with E-state index in [0.29, 0.717) is 12.8 Å². The Kier molecular flexibility index (Phi) is 9.40. The maximum atomic E-state index is 13.7. The fraction of sp³-hybridized carbons (Fsp3) is 0.333. The lowest BCUT2D eigenvalue weighted by Gasteiger charge is -2.36. The van der Waals surface area contributed by atoms with E-state index in [2.05, 4.69) is 36.2 Å². The van der Waals surface area contributed by atoms with Crippen LogP contribution in [0.3, 0.4) is 0 Å². The molecule has 3 amide bonds. The van der Waals surface area contributed by atoms with Crippen LogP contribution in [0, 0.1) is 0 Å². The maximum absolute atomic E-state index is 13.7. The van der Waals surface area contributed by atoms with E-state index >= 15 is 0 Å². The summed E-state index contributed by atoms with van der Waals surface area (Å²) in [6.45, 7) is 5.43. The number of nitrogens with one attached hydrogen (secondary N) is 3. The summed E-state index contributed by atoms with van der Waals surface area (Å²) in [5.41, 5.74) is -0.915. The van der Waals surface area contributed by atoms with Gasteiger partial charge in [0.2, 0.25) is 11.5 Å². The summed E-state index contributed by atoms with van der Waals surface area (Å²) < 4.78 is 12.9. The van der Waals surface area contributed by atoms with Crippen LogP contribution >= 0.6 is 11.3 Å². The summed E-state index contributed by atoms with van der Waals surface area (Å²) in [5.74, 6) is -1.84. The monoisotopic (exact) mass is 686 g/mol. The number of esters is 1. The van der Waals surface area contributed by atoms with Gasteiger partial charge in [0.1, 0.15) is 30.0 Å². The number of β-lactam (4-membered cyclic amide) rings is 1. The quantitative estimate of drug-likeness (QED) is 0.0863. The van der Waals surface area contributed by atoms with Crippen LogP contribution in [0.15, 0.2) is 83.9 Å². The molecule has 15 nitrogen and oxygen atoms in total. The summed E-state index contributed by atoms with van der Waals surface area (Å²) in [6.07, 6.45) is 2.01. The van der Waals surface area contributed by atoms with Crippen molar-refractivity contribution in [3.05, 3.63) is 95.5 Å². The number of anilines is 1. The number of oxime groups is 1. The van der Waals surface area contributed by atoms with Crippen molar-refractivity contribution in [1.82, 2.24) is 30.4 Å². The van der Waals surface area contributed by atoms with Crippen molar-refractivity contribution >= 4 is 46.1 Å². The minimum absolute atomic E-state index is 0.0386. The highest BCUT2D eigenvalue weighted by molar-refractivity contribution is 7.14. The molecule has 1 aliphatic heterocycles. The Bertz CT molecular complexity index is 1800. The average Bonchev–Trinajstić information content (AvgIpc) is 3.42. The first-order chi connectivity index (χ1) is 23.5. The number of thiazole rings is 1. The first-order valence-electron chi connectivity index (χ1n) is 15.5. The van der Waals surface area contributed by atoms with E-state index in [0.717, 1.165) is 22.5 Å². The zero-order valence-electron chi connectivity index (χ0n) is 26.9. The molecular weight excluding hydrogens is 652 g/mol. The molecule has 1 aliphatic carbocycles. The standard InChI is InChI=1S/C33H34N8O7S/c1-32(2,3)47-31(45)39-30-37-23(17-49-30)25(28(43)38-24-22(36-27(24)42)16-41-19-34-18-35-41)40-48-33(14-15-33)29(44)46-26(20-10-6-4-7-11-20)21-12-8-5-9-13-21/h4-13,17-19,22,24,26H,14-16H2,1-3H3,(H,36,42)(H,38,43)(H,37,39,45)/t22-,24+/m1/s1. The molecule has 254 valence electrons. The van der Waals surface area contributed by atoms with Gasteiger partial charge in [-0.25, -0.2) is 19.6 Å². The second-order valence-corrected chi connectivity index (χ2v) is 13.3. The molecular formula is C33H34N8O7S. The number of hydrogen-bond acceptors (Lipinski definition) is 12. The van der Waals surface area contributed by atoms with Gasteiger partial charge in [0.05, 0.1) is 12.6 Å². The number of nitrogens with zero attached hydrogens (tertiary/aromatic N) is 5. The molecule has 3 heterocycles. The Morgan fingerprint density at radius 2 is 1.76 bits per heavy atom. The fourth-order valence-corrected chi connectivity index (χ4v) is 5.59. The molecule has 0 spiro atoms. The smallest absolute Gasteiger partial charge is 0.413 e. The summed E-state index contributed by atoms with van der Waals surface area (Å²) >= 11 is 1.02. The van der Waals surface area contributed by atoms with Crippen LogP contribution < -0.4 is 16.0 Å². The van der Waals surface area contributed by atoms with E-state index < -0.39 is 53.3 Å². The van der Waals surface area contributed by atoms with E-state index in [1.165, 1.54) is 22.7 Å². The van der Waals surface area contributed by atoms with Gasteiger partial charge in [-0.3, -0.25) is 19.6 Å². The first-order valence-corrected chi connectivity index (χ1v) is 16.3. The highest BCUT2D eigenvalue weighted by Gasteiger charge is 2.56. The van der Waals surface area contributed by atoms with Gasteiger partial charge in [-0.1, -0.05) is 65.8 Å². The number of rotatable bonds is 12. The minimum Gasteiger partial charge on any atom is -0.450 e. The van der Waals surface area contributed by atoms with E-state index in [4.69, 9.17) is 14.3 Å². The zero-order valence-corrected chi connectivity index (χ0v) is 27.7. The van der Waals surface area contributed by atoms with Crippen LogP contribution in [0.5, 0.6) is 0 Å². The third-order valence-electron chi connectivity index (χ3n) is 7.54. The molecule has 0 unspecified atom stereocenters. The molecule has 2 aromatic carbocycles. The Morgan fingerprint density at radius 3 is 2.33 bits per heavy atom. The lowest BCUT2D eigenvalue weighted by atomic mass is 9.98. The molecule has 49 heavy (non-hydrogen) atoms. The van der Waals surface area contributed by atoms with Crippen molar-refractivity contribution in [2.45, 2.75) is 69.5 Å². The molecule has 16 heteroatoms. The lowest BCUT2D eigenvalue weighted by molar-refractivity contribution is -0.164. The Morgan fingerprint density at radius 1 is 1.08 bits per heavy atom. The van der Waals surface area contributed by atoms with Gasteiger partial charge >= 0.3 is 12.1 Å². The second kappa shape index (κ2) is 13.8. The van der Waals surface area contributed by atoms with Crippen molar-refractivity contribution in [2.75, 3.05) is 5.32 Å². The Hall–Kier alpha value is -5.64. The molecule has 0 bridgehead atoms. The number of amides is 3. The minimum atomic E-state index is -1.44. The molecule has 2 fully saturated rings. The highest BCUT2D eigenvalue weighted by Crippen LogP contribution is 2.43. The second-order valence-electron chi connectivity index (χ2n) is 12.5. The van der Waals surface area contributed by atoms with Crippen LogP contribution in [-0.4, -0.2) is 72.6 Å². The SMILES string of the molecule is CC(C)(C)OC(=O)Nc1nc(C(=NOC2(C(=O)OC(c3ccccc3)c3ccccc3)CC2)C(=O)N[C@@H]2C(=O)N[C@@H]2Cn2cncn2)cs1. The highest BCUT2D eigenvalue weighted by atomic mass is 32.1. The fourth-order valence-electron chi connectivity index (χ4n) is 4.91. The molecule has 6 rings (SSSR count). The van der Waals surface area contributed by atoms with Crippen molar-refractivity contribution in [3.8, 4) is 0 Å². The van der Waals surface area contributed by atoms with Gasteiger partial charge in [-0.2, -0.15) is 5.10 Å². The van der Waals surface area contributed by atoms with Crippen molar-refractivity contribution < 1.29 is 33.5 Å². The summed E-state index contributed by atoms with van der Waals surface area (Å²) in [6, 6.07) is 17.2. The van der Waals surface area contributed by atoms with E-state index in [1.807, 2.05) is 60.7 Å². The Labute approximate surface area is 285 Å². The van der Waals surface area contributed by atoms with Gasteiger partial charge < -0.3 is 24.9 Å². The zero-order chi connectivity index (χ0) is 34.6. The number of carbonyl (C=O) groups is 4. The van der Waals surface area contributed by atoms with Crippen LogP contribution in [-0.2, 0) is 35.2 Å². The number of ether oxygens (including phenoxy) is 2. The summed E-state index contributed by atoms with van der Waals surface area (Å²) in [4.78, 5) is 66.3. The largest absolute Gasteiger partial charge is 0.450 e. The van der Waals surface area contributed by atoms with Crippen LogP contribution in [0.4, 0.5) is 9.93 Å². The van der Waals surface area contributed by atoms with Gasteiger partial charge in [0.25, 0.3) is 5.91 Å². The van der Waals surface area contributed by atoms with Crippen LogP contribution in [0.25, 0.3) is 0 Å². The van der Waals surface area contributed by atoms with Crippen molar-refractivity contribution in [3.63, 3.8) is 0 Å². The molecule has 3 N–H and O–H groups in total. The topological polar surface area (TPSA) is 188 Å². The van der Waals surface area contributed by atoms with Gasteiger partial charge in [0.15, 0.2) is 16.9 Å². The predicted molar refractivity (Wildman–Crippen MR) is 176 cm³/mol. The lowest BCUT2D eigenvalue weighted by Crippen LogP contribution is -2.70. The molecule has 2 aromatic heterocycles. The van der Waals surface area contributed by atoms with Crippen molar-refractivity contribution in [1.29, 1.82) is 0 Å². The third-order valence-corrected chi connectivity index (χ3v) is 8.29. The van der Waals surface area contributed by atoms with Crippen LogP contribution in [0.1, 0.15) is 56.5 Å². The molecule has 4 aromatic rings. The van der Waals surface area contributed by atoms with E-state index in [1.54, 1.807) is 20.8 Å². The number of carbonyl (C=O) groups excluding carboxylic acids is 4. The summed E-state index contributed by atoms with van der Waals surface area (Å²) in [7, 11) is 0. The van der Waals surface area contributed by atoms with Crippen LogP contribution in [0.2, 0.25) is 0 Å². The van der Waals surface area contributed by atoms with Gasteiger partial charge in [-0.15, -0.1) is 11.3 Å². The molecule has 2 aliphatic rings. The first kappa shape index (κ1) is 33.3. The number of aromatic nitrogens is 4. The molecule has 1 saturated heterocycles. The summed E-state index contributed by atoms with van der Waals surface area (Å²) in [5, 5.41) is 17.8. The van der Waals surface area contributed by atoms with Crippen molar-refractivity contribution in [2.24, 2.45) is 5.16 Å². The molecule has 2 atom stereocenters. The van der Waals surface area contributed by atoms with E-state index in [-0.39, 0.29) is 23.1 Å². The Balaban J connectivity index is 1.23. The third kappa shape index (κ3) is 8.09. The average molecular weight is 687 g/mol. The number of benzene rings is 2. The molecule has 0 radical (unpaired) electrons.